The largest absolute Gasteiger partial charge is 0.493 e. The van der Waals surface area contributed by atoms with Gasteiger partial charge in [0.05, 0.1) is 36.6 Å². The van der Waals surface area contributed by atoms with Gasteiger partial charge in [-0.2, -0.15) is 5.10 Å². The molecule has 0 fully saturated rings. The Labute approximate surface area is 244 Å². The molecule has 4 rings (SSSR count). The zero-order valence-corrected chi connectivity index (χ0v) is 24.0. The van der Waals surface area contributed by atoms with Gasteiger partial charge in [0.15, 0.2) is 11.5 Å². The summed E-state index contributed by atoms with van der Waals surface area (Å²) >= 11 is 0. The first-order valence-corrected chi connectivity index (χ1v) is 14.2. The van der Waals surface area contributed by atoms with E-state index in [4.69, 9.17) is 14.2 Å². The minimum Gasteiger partial charge on any atom is -0.493 e. The van der Waals surface area contributed by atoms with E-state index in [1.54, 1.807) is 72.8 Å². The van der Waals surface area contributed by atoms with Gasteiger partial charge >= 0.3 is 5.97 Å². The topological polar surface area (TPSA) is 124 Å². The van der Waals surface area contributed by atoms with Crippen molar-refractivity contribution < 1.29 is 32.2 Å². The summed E-state index contributed by atoms with van der Waals surface area (Å²) in [7, 11) is -1.24. The second-order valence-electron chi connectivity index (χ2n) is 8.98. The van der Waals surface area contributed by atoms with Gasteiger partial charge in [-0.15, -0.1) is 0 Å². The first-order valence-electron chi connectivity index (χ1n) is 12.7. The van der Waals surface area contributed by atoms with E-state index in [0.29, 0.717) is 28.4 Å². The smallest absolute Gasteiger partial charge is 0.343 e. The number of nitrogens with one attached hydrogen (secondary N) is 1. The Bertz CT molecular complexity index is 1670. The average molecular weight is 588 g/mol. The van der Waals surface area contributed by atoms with Crippen LogP contribution in [0.5, 0.6) is 17.2 Å². The van der Waals surface area contributed by atoms with E-state index in [9.17, 15) is 18.0 Å². The molecule has 0 unspecified atom stereocenters. The molecule has 0 saturated carbocycles. The Balaban J connectivity index is 1.47. The Morgan fingerprint density at radius 2 is 1.52 bits per heavy atom. The Kier molecular flexibility index (Phi) is 9.56. The van der Waals surface area contributed by atoms with E-state index in [1.807, 2.05) is 6.92 Å². The number of esters is 1. The van der Waals surface area contributed by atoms with Crippen LogP contribution in [0.3, 0.4) is 0 Å². The summed E-state index contributed by atoms with van der Waals surface area (Å²) in [5, 5.41) is 3.96. The molecule has 0 aromatic heterocycles. The maximum absolute atomic E-state index is 13.6. The number of amides is 1. The van der Waals surface area contributed by atoms with Gasteiger partial charge in [0.2, 0.25) is 0 Å². The van der Waals surface area contributed by atoms with E-state index < -0.39 is 28.4 Å². The van der Waals surface area contributed by atoms with Gasteiger partial charge in [0.1, 0.15) is 12.3 Å². The fourth-order valence-electron chi connectivity index (χ4n) is 3.84. The Morgan fingerprint density at radius 1 is 0.857 bits per heavy atom. The Morgan fingerprint density at radius 3 is 2.17 bits per heavy atom. The van der Waals surface area contributed by atoms with Crippen molar-refractivity contribution >= 4 is 33.8 Å². The lowest BCUT2D eigenvalue weighted by Crippen LogP contribution is -2.39. The molecule has 42 heavy (non-hydrogen) atoms. The van der Waals surface area contributed by atoms with E-state index in [0.717, 1.165) is 9.87 Å². The van der Waals surface area contributed by atoms with Gasteiger partial charge in [-0.1, -0.05) is 35.9 Å². The van der Waals surface area contributed by atoms with Crippen LogP contribution < -0.4 is 23.9 Å². The predicted octanol–water partition coefficient (Wildman–Crippen LogP) is 4.58. The number of nitrogens with zero attached hydrogens (tertiary/aromatic N) is 2. The average Bonchev–Trinajstić information content (AvgIpc) is 3.01. The summed E-state index contributed by atoms with van der Waals surface area (Å²) < 4.78 is 44.2. The molecule has 10 nitrogen and oxygen atoms in total. The fourth-order valence-corrected chi connectivity index (χ4v) is 5.25. The third-order valence-electron chi connectivity index (χ3n) is 6.05. The molecular weight excluding hydrogens is 558 g/mol. The van der Waals surface area contributed by atoms with Gasteiger partial charge < -0.3 is 14.2 Å². The molecule has 0 bridgehead atoms. The number of hydrogen-bond donors (Lipinski definition) is 1. The van der Waals surface area contributed by atoms with Crippen LogP contribution in [0.1, 0.15) is 21.5 Å². The van der Waals surface area contributed by atoms with Gasteiger partial charge in [-0.25, -0.2) is 18.6 Å². The van der Waals surface area contributed by atoms with Crippen molar-refractivity contribution in [1.29, 1.82) is 0 Å². The van der Waals surface area contributed by atoms with Gasteiger partial charge in [0.25, 0.3) is 15.9 Å². The molecule has 0 saturated heterocycles. The van der Waals surface area contributed by atoms with Crippen LogP contribution in [0, 0.1) is 6.92 Å². The number of sulfonamides is 1. The molecule has 1 N–H and O–H groups in total. The Hall–Kier alpha value is -5.16. The molecule has 0 aliphatic heterocycles. The highest BCUT2D eigenvalue weighted by molar-refractivity contribution is 7.92. The number of aryl methyl sites for hydroxylation is 1. The normalized spacial score (nSPS) is 11.1. The second kappa shape index (κ2) is 13.5. The first kappa shape index (κ1) is 29.8. The number of hydrogen-bond acceptors (Lipinski definition) is 8. The monoisotopic (exact) mass is 587 g/mol. The fraction of sp³-hybridized carbons (Fsp3) is 0.129. The number of ether oxygens (including phenoxy) is 3. The predicted molar refractivity (Wildman–Crippen MR) is 159 cm³/mol. The number of carbonyl (C=O) groups excluding carboxylic acids is 2. The van der Waals surface area contributed by atoms with E-state index in [-0.39, 0.29) is 10.6 Å². The second-order valence-corrected chi connectivity index (χ2v) is 10.8. The van der Waals surface area contributed by atoms with Crippen LogP contribution in [0.15, 0.2) is 107 Å². The lowest BCUT2D eigenvalue weighted by Gasteiger charge is -2.24. The molecule has 0 radical (unpaired) electrons. The van der Waals surface area contributed by atoms with Crippen molar-refractivity contribution in [3.05, 3.63) is 114 Å². The molecule has 0 atom stereocenters. The minimum absolute atomic E-state index is 0.0206. The summed E-state index contributed by atoms with van der Waals surface area (Å²) in [6.07, 6.45) is 1.38. The highest BCUT2D eigenvalue weighted by Crippen LogP contribution is 2.33. The molecule has 0 aliphatic rings. The zero-order valence-electron chi connectivity index (χ0n) is 23.2. The third kappa shape index (κ3) is 7.32. The van der Waals surface area contributed by atoms with Crippen molar-refractivity contribution in [3.63, 3.8) is 0 Å². The third-order valence-corrected chi connectivity index (χ3v) is 7.84. The van der Waals surface area contributed by atoms with Gasteiger partial charge in [0, 0.05) is 6.07 Å². The molecule has 0 spiro atoms. The number of methoxy groups -OCH3 is 2. The lowest BCUT2D eigenvalue weighted by molar-refractivity contribution is -0.119. The molecule has 216 valence electrons. The van der Waals surface area contributed by atoms with Crippen molar-refractivity contribution in [2.24, 2.45) is 5.10 Å². The quantitative estimate of drug-likeness (QED) is 0.118. The standard InChI is InChI=1S/C31H29N3O7S/c1-22-9-16-27(17-10-22)42(37,38)34(25-13-18-28(39-2)29(19-25)40-3)21-30(35)33-32-20-23-11-14-26(15-12-23)41-31(36)24-7-5-4-6-8-24/h4-20H,21H2,1-3H3,(H,33,35)/b32-20-. The van der Waals surface area contributed by atoms with E-state index in [1.165, 1.54) is 44.7 Å². The summed E-state index contributed by atoms with van der Waals surface area (Å²) in [4.78, 5) is 25.1. The molecule has 4 aromatic rings. The van der Waals surface area contributed by atoms with Crippen molar-refractivity contribution in [2.75, 3.05) is 25.1 Å². The molecule has 0 aliphatic carbocycles. The maximum atomic E-state index is 13.6. The van der Waals surface area contributed by atoms with E-state index >= 15 is 0 Å². The zero-order chi connectivity index (χ0) is 30.1. The number of anilines is 1. The van der Waals surface area contributed by atoms with E-state index in [2.05, 4.69) is 10.5 Å². The highest BCUT2D eigenvalue weighted by Gasteiger charge is 2.28. The van der Waals surface area contributed by atoms with Crippen LogP contribution in [0.25, 0.3) is 0 Å². The van der Waals surface area contributed by atoms with Crippen molar-refractivity contribution in [3.8, 4) is 17.2 Å². The molecule has 4 aromatic carbocycles. The van der Waals surface area contributed by atoms with Crippen LogP contribution in [0.2, 0.25) is 0 Å². The van der Waals surface area contributed by atoms with Crippen LogP contribution in [-0.2, 0) is 14.8 Å². The maximum Gasteiger partial charge on any atom is 0.343 e. The summed E-state index contributed by atoms with van der Waals surface area (Å²) in [5.74, 6) is -0.106. The number of rotatable bonds is 11. The van der Waals surface area contributed by atoms with Gasteiger partial charge in [-0.05, 0) is 73.2 Å². The number of benzene rings is 4. The molecule has 1 amide bonds. The first-order chi connectivity index (χ1) is 20.2. The van der Waals surface area contributed by atoms with Gasteiger partial charge in [-0.3, -0.25) is 9.10 Å². The molecular formula is C31H29N3O7S. The molecule has 0 heterocycles. The van der Waals surface area contributed by atoms with Crippen LogP contribution in [-0.4, -0.2) is 47.3 Å². The van der Waals surface area contributed by atoms with Crippen molar-refractivity contribution in [1.82, 2.24) is 5.43 Å². The summed E-state index contributed by atoms with van der Waals surface area (Å²) in [6, 6.07) is 26.0. The summed E-state index contributed by atoms with van der Waals surface area (Å²) in [5.41, 5.74) is 4.50. The lowest BCUT2D eigenvalue weighted by atomic mass is 10.2. The minimum atomic E-state index is -4.14. The number of hydrazone groups is 1. The molecule has 11 heteroatoms. The highest BCUT2D eigenvalue weighted by atomic mass is 32.2. The van der Waals surface area contributed by atoms with Crippen LogP contribution in [0.4, 0.5) is 5.69 Å². The summed E-state index contributed by atoms with van der Waals surface area (Å²) in [6.45, 7) is 1.29. The SMILES string of the molecule is COc1ccc(N(CC(=O)N/N=C\c2ccc(OC(=O)c3ccccc3)cc2)S(=O)(=O)c2ccc(C)cc2)cc1OC. The number of carbonyl (C=O) groups is 2. The van der Waals surface area contributed by atoms with Crippen LogP contribution >= 0.6 is 0 Å². The van der Waals surface area contributed by atoms with Crippen molar-refractivity contribution in [2.45, 2.75) is 11.8 Å².